The Labute approximate surface area is 215 Å². The van der Waals surface area contributed by atoms with E-state index in [-0.39, 0.29) is 18.6 Å². The van der Waals surface area contributed by atoms with Crippen molar-refractivity contribution >= 4 is 34.2 Å². The van der Waals surface area contributed by atoms with Crippen molar-refractivity contribution in [3.05, 3.63) is 50.8 Å². The second-order valence-electron chi connectivity index (χ2n) is 9.80. The molecule has 9 heteroatoms. The summed E-state index contributed by atoms with van der Waals surface area (Å²) in [6.45, 7) is 8.00. The first-order valence-electron chi connectivity index (χ1n) is 12.8. The number of nitrogens with zero attached hydrogens (tertiary/aromatic N) is 2. The molecule has 9 nitrogen and oxygen atoms in total. The Bertz CT molecular complexity index is 1510. The van der Waals surface area contributed by atoms with Crippen LogP contribution in [0.2, 0.25) is 0 Å². The number of carbonyl (C=O) groups excluding carboxylic acids is 2. The standard InChI is InChI=1S/C28H32N4O5/c1-5-7-8-11-30-25-17-13-32-21(24(17)31-20-10-9-15(3)23(29)22(20)25)12-19-18(26(32)34)14-36-27(35)28(19,6-2)37-16(4)33/h9-10,12H,5-8,11,13-14,29H2,1-4H3,(H,30,31)/t28-/m0/s1. The SMILES string of the molecule is CCCCCNc1c2c(nc3ccc(C)c(N)c13)-c1cc3c(c(=O)n1C2)COC(=O)[C@@]3(CC)OC(C)=O. The molecule has 2 aliphatic rings. The summed E-state index contributed by atoms with van der Waals surface area (Å²) in [6, 6.07) is 5.64. The molecule has 0 saturated carbocycles. The molecule has 0 radical (unpaired) electrons. The normalized spacial score (nSPS) is 17.7. The van der Waals surface area contributed by atoms with Crippen LogP contribution in [0.25, 0.3) is 22.3 Å². The van der Waals surface area contributed by atoms with Crippen LogP contribution in [0.1, 0.15) is 68.7 Å². The number of fused-ring (bicyclic) bond motifs is 5. The van der Waals surface area contributed by atoms with Crippen molar-refractivity contribution in [3.8, 4) is 11.4 Å². The number of hydrogen-bond donors (Lipinski definition) is 2. The summed E-state index contributed by atoms with van der Waals surface area (Å²) in [5.41, 5.74) is 10.6. The van der Waals surface area contributed by atoms with Crippen molar-refractivity contribution in [1.82, 2.24) is 9.55 Å². The van der Waals surface area contributed by atoms with E-state index < -0.39 is 17.5 Å². The smallest absolute Gasteiger partial charge is 0.355 e. The molecular formula is C28H32N4O5. The maximum Gasteiger partial charge on any atom is 0.355 e. The Morgan fingerprint density at radius 2 is 2.03 bits per heavy atom. The van der Waals surface area contributed by atoms with Gasteiger partial charge >= 0.3 is 11.9 Å². The van der Waals surface area contributed by atoms with Gasteiger partial charge in [-0.3, -0.25) is 9.59 Å². The van der Waals surface area contributed by atoms with Crippen LogP contribution in [0.15, 0.2) is 23.0 Å². The van der Waals surface area contributed by atoms with Gasteiger partial charge in [0.15, 0.2) is 0 Å². The molecule has 5 rings (SSSR count). The van der Waals surface area contributed by atoms with Gasteiger partial charge in [-0.25, -0.2) is 9.78 Å². The predicted molar refractivity (Wildman–Crippen MR) is 141 cm³/mol. The molecule has 3 aromatic rings. The van der Waals surface area contributed by atoms with Gasteiger partial charge in [0.1, 0.15) is 6.61 Å². The highest BCUT2D eigenvalue weighted by atomic mass is 16.6. The van der Waals surface area contributed by atoms with Gasteiger partial charge in [0.25, 0.3) is 5.56 Å². The number of cyclic esters (lactones) is 1. The van der Waals surface area contributed by atoms with E-state index in [9.17, 15) is 14.4 Å². The van der Waals surface area contributed by atoms with E-state index in [1.165, 1.54) is 6.92 Å². The molecule has 2 aromatic heterocycles. The summed E-state index contributed by atoms with van der Waals surface area (Å²) in [4.78, 5) is 43.6. The lowest BCUT2D eigenvalue weighted by atomic mass is 9.85. The van der Waals surface area contributed by atoms with E-state index in [4.69, 9.17) is 20.2 Å². The number of aromatic nitrogens is 2. The number of esters is 2. The van der Waals surface area contributed by atoms with Crippen molar-refractivity contribution in [1.29, 1.82) is 0 Å². The molecule has 0 aliphatic carbocycles. The number of pyridine rings is 2. The Kier molecular flexibility index (Phi) is 6.17. The van der Waals surface area contributed by atoms with E-state index in [2.05, 4.69) is 12.2 Å². The lowest BCUT2D eigenvalue weighted by Gasteiger charge is -2.35. The fourth-order valence-corrected chi connectivity index (χ4v) is 5.49. The molecule has 1 atom stereocenters. The fraction of sp³-hybridized carbons (Fsp3) is 0.429. The first-order chi connectivity index (χ1) is 17.7. The molecule has 37 heavy (non-hydrogen) atoms. The van der Waals surface area contributed by atoms with Gasteiger partial charge in [-0.1, -0.05) is 32.8 Å². The summed E-state index contributed by atoms with van der Waals surface area (Å²) in [5.74, 6) is -1.30. The molecule has 0 saturated heterocycles. The zero-order valence-corrected chi connectivity index (χ0v) is 21.7. The number of rotatable bonds is 7. The lowest BCUT2D eigenvalue weighted by Crippen LogP contribution is -2.47. The minimum Gasteiger partial charge on any atom is -0.457 e. The molecule has 0 unspecified atom stereocenters. The lowest BCUT2D eigenvalue weighted by molar-refractivity contribution is -0.188. The minimum atomic E-state index is -1.67. The minimum absolute atomic E-state index is 0.138. The number of aryl methyl sites for hydroxylation is 1. The highest BCUT2D eigenvalue weighted by molar-refractivity contribution is 6.05. The maximum atomic E-state index is 13.8. The highest BCUT2D eigenvalue weighted by Gasteiger charge is 2.50. The van der Waals surface area contributed by atoms with Crippen LogP contribution in [0, 0.1) is 6.92 Å². The topological polar surface area (TPSA) is 126 Å². The van der Waals surface area contributed by atoms with E-state index in [0.717, 1.165) is 53.5 Å². The number of anilines is 2. The average Bonchev–Trinajstić information content (AvgIpc) is 3.24. The molecule has 1 aromatic carbocycles. The number of unbranched alkanes of at least 4 members (excludes halogenated alkanes) is 2. The largest absolute Gasteiger partial charge is 0.457 e. The second-order valence-corrected chi connectivity index (χ2v) is 9.80. The molecule has 3 N–H and O–H groups in total. The van der Waals surface area contributed by atoms with E-state index >= 15 is 0 Å². The Balaban J connectivity index is 1.75. The fourth-order valence-electron chi connectivity index (χ4n) is 5.49. The maximum absolute atomic E-state index is 13.8. The number of hydrogen-bond acceptors (Lipinski definition) is 8. The number of nitrogens with two attached hydrogens (primary N) is 1. The molecule has 4 heterocycles. The summed E-state index contributed by atoms with van der Waals surface area (Å²) in [5, 5.41) is 4.44. The molecule has 0 amide bonds. The van der Waals surface area contributed by atoms with Gasteiger partial charge < -0.3 is 25.1 Å². The Morgan fingerprint density at radius 1 is 1.24 bits per heavy atom. The quantitative estimate of drug-likeness (QED) is 0.218. The highest BCUT2D eigenvalue weighted by Crippen LogP contribution is 2.44. The molecule has 0 fully saturated rings. The van der Waals surface area contributed by atoms with Crippen LogP contribution >= 0.6 is 0 Å². The number of ether oxygens (including phenoxy) is 2. The van der Waals surface area contributed by atoms with Crippen molar-refractivity contribution < 1.29 is 19.1 Å². The van der Waals surface area contributed by atoms with E-state index in [0.29, 0.717) is 34.7 Å². The van der Waals surface area contributed by atoms with Crippen LogP contribution < -0.4 is 16.6 Å². The van der Waals surface area contributed by atoms with Crippen LogP contribution in [-0.2, 0) is 37.8 Å². The zero-order chi connectivity index (χ0) is 26.5. The molecule has 0 spiro atoms. The molecular weight excluding hydrogens is 472 g/mol. The Morgan fingerprint density at radius 3 is 2.73 bits per heavy atom. The Hall–Kier alpha value is -3.88. The molecule has 0 bridgehead atoms. The monoisotopic (exact) mass is 504 g/mol. The first kappa shape index (κ1) is 24.8. The third-order valence-corrected chi connectivity index (χ3v) is 7.48. The predicted octanol–water partition coefficient (Wildman–Crippen LogP) is 4.14. The van der Waals surface area contributed by atoms with Crippen molar-refractivity contribution in [2.24, 2.45) is 0 Å². The summed E-state index contributed by atoms with van der Waals surface area (Å²) in [6.07, 6.45) is 3.34. The number of nitrogens with one attached hydrogen (secondary N) is 1. The third-order valence-electron chi connectivity index (χ3n) is 7.48. The molecule has 194 valence electrons. The van der Waals surface area contributed by atoms with Crippen LogP contribution in [0.4, 0.5) is 11.4 Å². The third kappa shape index (κ3) is 3.75. The van der Waals surface area contributed by atoms with Gasteiger partial charge in [0.05, 0.1) is 34.7 Å². The van der Waals surface area contributed by atoms with Crippen LogP contribution in [-0.4, -0.2) is 28.0 Å². The van der Waals surface area contributed by atoms with Crippen LogP contribution in [0.5, 0.6) is 0 Å². The van der Waals surface area contributed by atoms with Crippen molar-refractivity contribution in [3.63, 3.8) is 0 Å². The first-order valence-corrected chi connectivity index (χ1v) is 12.8. The van der Waals surface area contributed by atoms with Gasteiger partial charge in [-0.05, 0) is 37.5 Å². The average molecular weight is 505 g/mol. The zero-order valence-electron chi connectivity index (χ0n) is 21.7. The van der Waals surface area contributed by atoms with Gasteiger partial charge in [-0.15, -0.1) is 0 Å². The summed E-state index contributed by atoms with van der Waals surface area (Å²) >= 11 is 0. The van der Waals surface area contributed by atoms with Crippen LogP contribution in [0.3, 0.4) is 0 Å². The van der Waals surface area contributed by atoms with E-state index in [1.807, 2.05) is 19.1 Å². The van der Waals surface area contributed by atoms with Crippen molar-refractivity contribution in [2.75, 3.05) is 17.6 Å². The van der Waals surface area contributed by atoms with Crippen molar-refractivity contribution in [2.45, 2.75) is 72.1 Å². The second kappa shape index (κ2) is 9.21. The molecule has 2 aliphatic heterocycles. The van der Waals surface area contributed by atoms with Gasteiger partial charge in [0, 0.05) is 35.7 Å². The summed E-state index contributed by atoms with van der Waals surface area (Å²) < 4.78 is 12.6. The van der Waals surface area contributed by atoms with Gasteiger partial charge in [-0.2, -0.15) is 0 Å². The summed E-state index contributed by atoms with van der Waals surface area (Å²) in [7, 11) is 0. The van der Waals surface area contributed by atoms with E-state index in [1.54, 1.807) is 17.6 Å². The van der Waals surface area contributed by atoms with Gasteiger partial charge in [0.2, 0.25) is 5.60 Å². The number of carbonyl (C=O) groups is 2. The number of nitrogen functional groups attached to an aromatic ring is 1. The number of benzene rings is 1.